The molecule has 0 spiro atoms. The van der Waals surface area contributed by atoms with Gasteiger partial charge in [0, 0.05) is 22.7 Å². The minimum atomic E-state index is -0.633. The van der Waals surface area contributed by atoms with E-state index in [1.807, 2.05) is 6.92 Å². The summed E-state index contributed by atoms with van der Waals surface area (Å²) in [7, 11) is 1.60. The van der Waals surface area contributed by atoms with Gasteiger partial charge >= 0.3 is 0 Å². The van der Waals surface area contributed by atoms with Crippen molar-refractivity contribution >= 4 is 11.6 Å². The molecule has 2 unspecified atom stereocenters. The molecule has 1 aromatic rings. The van der Waals surface area contributed by atoms with Gasteiger partial charge in [0.1, 0.15) is 11.9 Å². The number of aliphatic hydroxyl groups is 1. The Balaban J connectivity index is 2.59. The highest BCUT2D eigenvalue weighted by Gasteiger charge is 2.27. The molecule has 1 aromatic carbocycles. The molecular formula is C13H18ClNO3. The molecule has 1 heterocycles. The van der Waals surface area contributed by atoms with Crippen molar-refractivity contribution in [3.8, 4) is 5.75 Å². The van der Waals surface area contributed by atoms with Crippen molar-refractivity contribution in [1.82, 2.24) is 5.32 Å². The van der Waals surface area contributed by atoms with Gasteiger partial charge in [0.05, 0.1) is 19.9 Å². The number of ether oxygens (including phenoxy) is 2. The van der Waals surface area contributed by atoms with Crippen LogP contribution in [0.1, 0.15) is 35.8 Å². The van der Waals surface area contributed by atoms with E-state index in [0.29, 0.717) is 23.1 Å². The molecule has 1 aliphatic heterocycles. The summed E-state index contributed by atoms with van der Waals surface area (Å²) in [6.07, 6.45) is -0.720. The lowest BCUT2D eigenvalue weighted by atomic mass is 9.96. The van der Waals surface area contributed by atoms with E-state index in [9.17, 15) is 5.11 Å². The van der Waals surface area contributed by atoms with Gasteiger partial charge in [-0.1, -0.05) is 11.6 Å². The lowest BCUT2D eigenvalue weighted by Gasteiger charge is -2.22. The van der Waals surface area contributed by atoms with Gasteiger partial charge in [0.15, 0.2) is 0 Å². The van der Waals surface area contributed by atoms with Crippen LogP contribution in [0.2, 0.25) is 5.02 Å². The van der Waals surface area contributed by atoms with Gasteiger partial charge in [-0.15, -0.1) is 0 Å². The van der Waals surface area contributed by atoms with Crippen LogP contribution in [-0.4, -0.2) is 25.5 Å². The van der Waals surface area contributed by atoms with E-state index in [4.69, 9.17) is 21.1 Å². The van der Waals surface area contributed by atoms with Crippen molar-refractivity contribution in [2.45, 2.75) is 26.1 Å². The number of benzene rings is 1. The topological polar surface area (TPSA) is 50.7 Å². The summed E-state index contributed by atoms with van der Waals surface area (Å²) in [5.74, 6) is 0.667. The molecule has 2 rings (SSSR count). The molecule has 5 heteroatoms. The first-order chi connectivity index (χ1) is 8.56. The molecule has 0 aromatic heterocycles. The van der Waals surface area contributed by atoms with Gasteiger partial charge in [-0.05, 0) is 25.5 Å². The van der Waals surface area contributed by atoms with Gasteiger partial charge in [0.25, 0.3) is 0 Å². The van der Waals surface area contributed by atoms with Crippen molar-refractivity contribution in [2.75, 3.05) is 20.4 Å². The molecule has 18 heavy (non-hydrogen) atoms. The Bertz CT molecular complexity index is 442. The second-order valence-electron chi connectivity index (χ2n) is 4.45. The van der Waals surface area contributed by atoms with Gasteiger partial charge in [-0.2, -0.15) is 0 Å². The molecule has 0 bridgehead atoms. The molecule has 1 saturated heterocycles. The Morgan fingerprint density at radius 1 is 1.61 bits per heavy atom. The van der Waals surface area contributed by atoms with Crippen LogP contribution in [0.25, 0.3) is 0 Å². The van der Waals surface area contributed by atoms with Crippen LogP contribution in [0.3, 0.4) is 0 Å². The minimum Gasteiger partial charge on any atom is -0.496 e. The third-order valence-corrected chi connectivity index (χ3v) is 3.64. The Kier molecular flexibility index (Phi) is 4.12. The number of rotatable bonds is 3. The molecule has 1 fully saturated rings. The van der Waals surface area contributed by atoms with Gasteiger partial charge in [0.2, 0.25) is 0 Å². The molecular weight excluding hydrogens is 254 g/mol. The van der Waals surface area contributed by atoms with E-state index in [2.05, 4.69) is 5.32 Å². The summed E-state index contributed by atoms with van der Waals surface area (Å²) in [5, 5.41) is 13.6. The SMILES string of the molecule is COc1c(C(C)O)cc(Cl)c(C)c1C1CNCO1. The molecule has 100 valence electrons. The number of hydrogen-bond donors (Lipinski definition) is 2. The van der Waals surface area contributed by atoms with Gasteiger partial charge in [-0.25, -0.2) is 0 Å². The minimum absolute atomic E-state index is 0.0869. The van der Waals surface area contributed by atoms with Crippen LogP contribution in [0.5, 0.6) is 5.75 Å². The normalized spacial score (nSPS) is 21.1. The third-order valence-electron chi connectivity index (χ3n) is 3.24. The summed E-state index contributed by atoms with van der Waals surface area (Å²) in [5.41, 5.74) is 2.55. The predicted octanol–water partition coefficient (Wildman–Crippen LogP) is 2.33. The number of hydrogen-bond acceptors (Lipinski definition) is 4. The highest BCUT2D eigenvalue weighted by molar-refractivity contribution is 6.31. The maximum Gasteiger partial charge on any atom is 0.130 e. The second kappa shape index (κ2) is 5.45. The molecule has 0 radical (unpaired) electrons. The maximum absolute atomic E-state index is 9.82. The van der Waals surface area contributed by atoms with E-state index in [-0.39, 0.29) is 6.10 Å². The van der Waals surface area contributed by atoms with E-state index in [0.717, 1.165) is 17.7 Å². The number of nitrogens with one attached hydrogen (secondary N) is 1. The fourth-order valence-electron chi connectivity index (χ4n) is 2.28. The summed E-state index contributed by atoms with van der Waals surface area (Å²) in [6.45, 7) is 4.87. The average molecular weight is 272 g/mol. The van der Waals surface area contributed by atoms with Crippen molar-refractivity contribution in [2.24, 2.45) is 0 Å². The van der Waals surface area contributed by atoms with E-state index < -0.39 is 6.10 Å². The Morgan fingerprint density at radius 2 is 2.33 bits per heavy atom. The van der Waals surface area contributed by atoms with Crippen LogP contribution in [0.15, 0.2) is 6.07 Å². The summed E-state index contributed by atoms with van der Waals surface area (Å²) >= 11 is 6.23. The van der Waals surface area contributed by atoms with Crippen LogP contribution < -0.4 is 10.1 Å². The molecule has 2 N–H and O–H groups in total. The molecule has 0 amide bonds. The Morgan fingerprint density at radius 3 is 2.83 bits per heavy atom. The zero-order valence-corrected chi connectivity index (χ0v) is 11.5. The fourth-order valence-corrected chi connectivity index (χ4v) is 2.50. The van der Waals surface area contributed by atoms with E-state index in [1.54, 1.807) is 20.1 Å². The largest absolute Gasteiger partial charge is 0.496 e. The molecule has 2 atom stereocenters. The summed E-state index contributed by atoms with van der Waals surface area (Å²) < 4.78 is 11.1. The average Bonchev–Trinajstić information content (AvgIpc) is 2.84. The van der Waals surface area contributed by atoms with Gasteiger partial charge in [-0.3, -0.25) is 5.32 Å². The Hall–Kier alpha value is -0.810. The van der Waals surface area contributed by atoms with E-state index in [1.165, 1.54) is 0 Å². The fraction of sp³-hybridized carbons (Fsp3) is 0.538. The highest BCUT2D eigenvalue weighted by atomic mass is 35.5. The quantitative estimate of drug-likeness (QED) is 0.886. The standard InChI is InChI=1S/C13H18ClNO3/c1-7-10(14)4-9(8(2)16)13(17-3)12(7)11-5-15-6-18-11/h4,8,11,15-16H,5-6H2,1-3H3. The zero-order chi connectivity index (χ0) is 13.3. The summed E-state index contributed by atoms with van der Waals surface area (Å²) in [4.78, 5) is 0. The van der Waals surface area contributed by atoms with Crippen LogP contribution in [0, 0.1) is 6.92 Å². The van der Waals surface area contributed by atoms with Crippen LogP contribution in [0.4, 0.5) is 0 Å². The highest BCUT2D eigenvalue weighted by Crippen LogP contribution is 2.40. The maximum atomic E-state index is 9.82. The van der Waals surface area contributed by atoms with Crippen molar-refractivity contribution in [1.29, 1.82) is 0 Å². The van der Waals surface area contributed by atoms with E-state index >= 15 is 0 Å². The first kappa shape index (κ1) is 13.6. The van der Waals surface area contributed by atoms with Crippen LogP contribution >= 0.6 is 11.6 Å². The predicted molar refractivity (Wildman–Crippen MR) is 70.1 cm³/mol. The lowest BCUT2D eigenvalue weighted by Crippen LogP contribution is -2.12. The second-order valence-corrected chi connectivity index (χ2v) is 4.86. The van der Waals surface area contributed by atoms with Crippen molar-refractivity contribution in [3.05, 3.63) is 27.8 Å². The number of halogens is 1. The van der Waals surface area contributed by atoms with Crippen molar-refractivity contribution < 1.29 is 14.6 Å². The summed E-state index contributed by atoms with van der Waals surface area (Å²) in [6, 6.07) is 1.76. The first-order valence-electron chi connectivity index (χ1n) is 5.93. The number of aliphatic hydroxyl groups excluding tert-OH is 1. The lowest BCUT2D eigenvalue weighted by molar-refractivity contribution is 0.111. The first-order valence-corrected chi connectivity index (χ1v) is 6.31. The molecule has 0 saturated carbocycles. The van der Waals surface area contributed by atoms with Gasteiger partial charge < -0.3 is 14.6 Å². The monoisotopic (exact) mass is 271 g/mol. The van der Waals surface area contributed by atoms with Crippen molar-refractivity contribution in [3.63, 3.8) is 0 Å². The smallest absolute Gasteiger partial charge is 0.130 e. The third kappa shape index (κ3) is 2.34. The van der Waals surface area contributed by atoms with Crippen LogP contribution in [-0.2, 0) is 4.74 Å². The number of methoxy groups -OCH3 is 1. The zero-order valence-electron chi connectivity index (χ0n) is 10.8. The molecule has 4 nitrogen and oxygen atoms in total. The molecule has 0 aliphatic carbocycles. The molecule has 1 aliphatic rings. The Labute approximate surface area is 112 Å².